The van der Waals surface area contributed by atoms with Crippen molar-refractivity contribution >= 4 is 11.6 Å². The zero-order valence-electron chi connectivity index (χ0n) is 8.61. The standard InChI is InChI=1S/C8H8N6O3/c15-14(16)6-3-10-8(11-4-6)9-2-1-7-12-5-13-17-7/h3-5H,1-2H2,(H,9,10,11). The summed E-state index contributed by atoms with van der Waals surface area (Å²) < 4.78 is 4.79. The molecule has 0 aliphatic rings. The maximum absolute atomic E-state index is 10.4. The molecule has 0 atom stereocenters. The number of anilines is 1. The van der Waals surface area contributed by atoms with Crippen molar-refractivity contribution in [3.05, 3.63) is 34.7 Å². The third kappa shape index (κ3) is 2.93. The van der Waals surface area contributed by atoms with Gasteiger partial charge in [0, 0.05) is 13.0 Å². The lowest BCUT2D eigenvalue weighted by Crippen LogP contribution is -2.08. The van der Waals surface area contributed by atoms with Crippen LogP contribution >= 0.6 is 0 Å². The molecule has 0 unspecified atom stereocenters. The first-order valence-electron chi connectivity index (χ1n) is 4.71. The van der Waals surface area contributed by atoms with Gasteiger partial charge in [0.05, 0.1) is 4.92 Å². The molecule has 0 amide bonds. The summed E-state index contributed by atoms with van der Waals surface area (Å²) >= 11 is 0. The Hall–Kier alpha value is -2.58. The van der Waals surface area contributed by atoms with Crippen molar-refractivity contribution in [2.45, 2.75) is 6.42 Å². The van der Waals surface area contributed by atoms with E-state index in [9.17, 15) is 10.1 Å². The Morgan fingerprint density at radius 3 is 2.71 bits per heavy atom. The Kier molecular flexibility index (Phi) is 3.19. The van der Waals surface area contributed by atoms with Crippen LogP contribution in [0.25, 0.3) is 0 Å². The van der Waals surface area contributed by atoms with E-state index in [2.05, 4.69) is 25.4 Å². The molecular formula is C8H8N6O3. The van der Waals surface area contributed by atoms with Crippen molar-refractivity contribution in [1.82, 2.24) is 20.1 Å². The predicted octanol–water partition coefficient (Wildman–Crippen LogP) is 0.422. The van der Waals surface area contributed by atoms with Crippen LogP contribution in [-0.4, -0.2) is 31.6 Å². The van der Waals surface area contributed by atoms with Crippen LogP contribution in [0.2, 0.25) is 0 Å². The molecule has 0 aromatic carbocycles. The topological polar surface area (TPSA) is 120 Å². The predicted molar refractivity (Wildman–Crippen MR) is 55.2 cm³/mol. The van der Waals surface area contributed by atoms with Gasteiger partial charge in [-0.3, -0.25) is 10.1 Å². The SMILES string of the molecule is O=[N+]([O-])c1cnc(NCCc2ncno2)nc1. The molecule has 88 valence electrons. The van der Waals surface area contributed by atoms with Crippen LogP contribution < -0.4 is 5.32 Å². The van der Waals surface area contributed by atoms with E-state index in [1.165, 1.54) is 6.33 Å². The fraction of sp³-hybridized carbons (Fsp3) is 0.250. The van der Waals surface area contributed by atoms with E-state index in [4.69, 9.17) is 4.52 Å². The third-order valence-electron chi connectivity index (χ3n) is 1.88. The molecule has 2 heterocycles. The van der Waals surface area contributed by atoms with Gasteiger partial charge in [-0.2, -0.15) is 4.98 Å². The van der Waals surface area contributed by atoms with Crippen molar-refractivity contribution in [3.8, 4) is 0 Å². The van der Waals surface area contributed by atoms with Crippen LogP contribution in [0.15, 0.2) is 23.2 Å². The molecule has 0 saturated heterocycles. The summed E-state index contributed by atoms with van der Waals surface area (Å²) in [5.41, 5.74) is -0.146. The van der Waals surface area contributed by atoms with E-state index in [0.717, 1.165) is 12.4 Å². The molecule has 0 radical (unpaired) electrons. The normalized spacial score (nSPS) is 10.1. The van der Waals surface area contributed by atoms with Crippen LogP contribution in [0.3, 0.4) is 0 Å². The second kappa shape index (κ2) is 4.96. The van der Waals surface area contributed by atoms with Crippen molar-refractivity contribution in [1.29, 1.82) is 0 Å². The highest BCUT2D eigenvalue weighted by molar-refractivity contribution is 5.30. The first-order valence-corrected chi connectivity index (χ1v) is 4.71. The fourth-order valence-corrected chi connectivity index (χ4v) is 1.09. The van der Waals surface area contributed by atoms with Crippen LogP contribution in [0, 0.1) is 10.1 Å². The largest absolute Gasteiger partial charge is 0.354 e. The molecule has 2 rings (SSSR count). The average molecular weight is 236 g/mol. The quantitative estimate of drug-likeness (QED) is 0.585. The van der Waals surface area contributed by atoms with Gasteiger partial charge in [0.25, 0.3) is 0 Å². The van der Waals surface area contributed by atoms with E-state index in [1.54, 1.807) is 0 Å². The molecule has 0 spiro atoms. The number of hydrogen-bond acceptors (Lipinski definition) is 8. The van der Waals surface area contributed by atoms with Gasteiger partial charge in [0.15, 0.2) is 6.33 Å². The van der Waals surface area contributed by atoms with Crippen LogP contribution in [0.4, 0.5) is 11.6 Å². The summed E-state index contributed by atoms with van der Waals surface area (Å²) in [5.74, 6) is 0.814. The molecule has 0 aliphatic carbocycles. The van der Waals surface area contributed by atoms with Gasteiger partial charge in [-0.1, -0.05) is 5.16 Å². The molecule has 9 heteroatoms. The highest BCUT2D eigenvalue weighted by Gasteiger charge is 2.06. The van der Waals surface area contributed by atoms with Crippen LogP contribution in [0.5, 0.6) is 0 Å². The molecule has 0 fully saturated rings. The maximum atomic E-state index is 10.4. The van der Waals surface area contributed by atoms with E-state index in [1.807, 2.05) is 0 Å². The van der Waals surface area contributed by atoms with Gasteiger partial charge in [-0.25, -0.2) is 9.97 Å². The van der Waals surface area contributed by atoms with Crippen LogP contribution in [0.1, 0.15) is 5.89 Å². The number of hydrogen-bond donors (Lipinski definition) is 1. The number of nitrogens with one attached hydrogen (secondary N) is 1. The summed E-state index contributed by atoms with van der Waals surface area (Å²) in [7, 11) is 0. The zero-order chi connectivity index (χ0) is 12.1. The second-order valence-electron chi connectivity index (χ2n) is 3.03. The number of aromatic nitrogens is 4. The van der Waals surface area contributed by atoms with Crippen molar-refractivity contribution in [2.24, 2.45) is 0 Å². The molecule has 1 N–H and O–H groups in total. The van der Waals surface area contributed by atoms with Gasteiger partial charge < -0.3 is 9.84 Å². The number of nitro groups is 1. The van der Waals surface area contributed by atoms with Gasteiger partial charge in [0.1, 0.15) is 12.4 Å². The number of rotatable bonds is 5. The molecular weight excluding hydrogens is 228 g/mol. The molecule has 2 aromatic rings. The summed E-state index contributed by atoms with van der Waals surface area (Å²) in [4.78, 5) is 21.2. The first kappa shape index (κ1) is 10.9. The van der Waals surface area contributed by atoms with Gasteiger partial charge in [-0.05, 0) is 0 Å². The summed E-state index contributed by atoms with van der Waals surface area (Å²) in [6, 6.07) is 0. The molecule has 0 aliphatic heterocycles. The molecule has 9 nitrogen and oxygen atoms in total. The fourth-order valence-electron chi connectivity index (χ4n) is 1.09. The first-order chi connectivity index (χ1) is 8.25. The number of nitrogens with zero attached hydrogens (tertiary/aromatic N) is 5. The highest BCUT2D eigenvalue weighted by Crippen LogP contribution is 2.07. The Balaban J connectivity index is 1.85. The molecule has 0 bridgehead atoms. The van der Waals surface area contributed by atoms with Crippen molar-refractivity contribution in [3.63, 3.8) is 0 Å². The van der Waals surface area contributed by atoms with Crippen molar-refractivity contribution < 1.29 is 9.45 Å². The lowest BCUT2D eigenvalue weighted by Gasteiger charge is -2.01. The zero-order valence-corrected chi connectivity index (χ0v) is 8.61. The third-order valence-corrected chi connectivity index (χ3v) is 1.88. The average Bonchev–Trinajstić information content (AvgIpc) is 2.83. The Bertz CT molecular complexity index is 482. The highest BCUT2D eigenvalue weighted by atomic mass is 16.6. The van der Waals surface area contributed by atoms with Crippen molar-refractivity contribution in [2.75, 3.05) is 11.9 Å². The Morgan fingerprint density at radius 2 is 2.12 bits per heavy atom. The second-order valence-corrected chi connectivity index (χ2v) is 3.03. The minimum Gasteiger partial charge on any atom is -0.354 e. The summed E-state index contributed by atoms with van der Waals surface area (Å²) in [6.45, 7) is 0.500. The molecule has 0 saturated carbocycles. The van der Waals surface area contributed by atoms with E-state index in [-0.39, 0.29) is 5.69 Å². The van der Waals surface area contributed by atoms with E-state index >= 15 is 0 Å². The molecule has 2 aromatic heterocycles. The monoisotopic (exact) mass is 236 g/mol. The van der Waals surface area contributed by atoms with Gasteiger partial charge in [0.2, 0.25) is 11.8 Å². The van der Waals surface area contributed by atoms with E-state index < -0.39 is 4.92 Å². The lowest BCUT2D eigenvalue weighted by atomic mass is 10.4. The Morgan fingerprint density at radius 1 is 1.35 bits per heavy atom. The maximum Gasteiger partial charge on any atom is 0.305 e. The van der Waals surface area contributed by atoms with E-state index in [0.29, 0.717) is 24.8 Å². The van der Waals surface area contributed by atoms with Gasteiger partial charge in [-0.15, -0.1) is 0 Å². The lowest BCUT2D eigenvalue weighted by molar-refractivity contribution is -0.385. The summed E-state index contributed by atoms with van der Waals surface area (Å²) in [5, 5.41) is 16.7. The smallest absolute Gasteiger partial charge is 0.305 e. The van der Waals surface area contributed by atoms with Gasteiger partial charge >= 0.3 is 5.69 Å². The minimum atomic E-state index is -0.553. The molecule has 17 heavy (non-hydrogen) atoms. The van der Waals surface area contributed by atoms with Crippen LogP contribution in [-0.2, 0) is 6.42 Å². The summed E-state index contributed by atoms with van der Waals surface area (Å²) in [6.07, 6.45) is 4.13. The minimum absolute atomic E-state index is 0.146. The Labute approximate surface area is 95.0 Å².